The van der Waals surface area contributed by atoms with Gasteiger partial charge in [0.15, 0.2) is 0 Å². The number of aromatic nitrogens is 1. The number of nitrogens with one attached hydrogen (secondary N) is 2. The van der Waals surface area contributed by atoms with Gasteiger partial charge in [-0.2, -0.15) is 0 Å². The van der Waals surface area contributed by atoms with Crippen molar-refractivity contribution in [3.8, 4) is 0 Å². The second-order valence-corrected chi connectivity index (χ2v) is 4.61. The molecule has 1 aliphatic heterocycles. The molecule has 1 fully saturated rings. The van der Waals surface area contributed by atoms with Gasteiger partial charge < -0.3 is 15.2 Å². The predicted octanol–water partition coefficient (Wildman–Crippen LogP) is 0.197. The van der Waals surface area contributed by atoms with Crippen molar-refractivity contribution >= 4 is 5.91 Å². The van der Waals surface area contributed by atoms with Crippen molar-refractivity contribution in [3.63, 3.8) is 0 Å². The second-order valence-electron chi connectivity index (χ2n) is 4.61. The van der Waals surface area contributed by atoms with E-state index < -0.39 is 0 Å². The Morgan fingerprint density at radius 3 is 2.53 bits per heavy atom. The van der Waals surface area contributed by atoms with Crippen molar-refractivity contribution in [2.24, 2.45) is 0 Å². The lowest BCUT2D eigenvalue weighted by Gasteiger charge is -2.36. The molecule has 1 aliphatic rings. The molecule has 0 radical (unpaired) electrons. The molecule has 92 valence electrons. The van der Waals surface area contributed by atoms with Gasteiger partial charge in [0, 0.05) is 31.2 Å². The average molecular weight is 235 g/mol. The van der Waals surface area contributed by atoms with Crippen molar-refractivity contribution < 1.29 is 4.79 Å². The number of nitrogens with zero attached hydrogens (tertiary/aromatic N) is 1. The number of rotatable bonds is 1. The first-order valence-corrected chi connectivity index (χ1v) is 5.81. The summed E-state index contributed by atoms with van der Waals surface area (Å²) in [6.45, 7) is 5.42. The quantitative estimate of drug-likeness (QED) is 0.730. The molecule has 0 spiro atoms. The van der Waals surface area contributed by atoms with Gasteiger partial charge in [-0.3, -0.25) is 9.59 Å². The molecule has 0 aliphatic carbocycles. The van der Waals surface area contributed by atoms with Crippen molar-refractivity contribution in [1.29, 1.82) is 0 Å². The molecular weight excluding hydrogens is 218 g/mol. The van der Waals surface area contributed by atoms with Gasteiger partial charge in [-0.1, -0.05) is 6.07 Å². The standard InChI is InChI=1S/C12H17N3O2/c1-8-6-15(7-9(2)13-8)12(17)10-4-3-5-11(16)14-10/h3-5,8-9,13H,6-7H2,1-2H3,(H,14,16). The summed E-state index contributed by atoms with van der Waals surface area (Å²) in [6.07, 6.45) is 0. The zero-order chi connectivity index (χ0) is 12.4. The molecule has 5 heteroatoms. The minimum atomic E-state index is -0.243. The van der Waals surface area contributed by atoms with E-state index in [0.717, 1.165) is 0 Å². The van der Waals surface area contributed by atoms with Gasteiger partial charge in [-0.25, -0.2) is 0 Å². The van der Waals surface area contributed by atoms with E-state index >= 15 is 0 Å². The fourth-order valence-corrected chi connectivity index (χ4v) is 2.24. The van der Waals surface area contributed by atoms with Gasteiger partial charge in [0.05, 0.1) is 0 Å². The molecular formula is C12H17N3O2. The molecule has 17 heavy (non-hydrogen) atoms. The molecule has 1 saturated heterocycles. The third-order valence-corrected chi connectivity index (χ3v) is 2.84. The minimum absolute atomic E-state index is 0.108. The number of amides is 1. The molecule has 2 atom stereocenters. The molecule has 5 nitrogen and oxygen atoms in total. The number of carbonyl (C=O) groups excluding carboxylic acids is 1. The first-order chi connectivity index (χ1) is 8.06. The maximum Gasteiger partial charge on any atom is 0.270 e. The largest absolute Gasteiger partial charge is 0.334 e. The van der Waals surface area contributed by atoms with Gasteiger partial charge in [0.2, 0.25) is 5.56 Å². The average Bonchev–Trinajstić information content (AvgIpc) is 2.26. The summed E-state index contributed by atoms with van der Waals surface area (Å²) in [5, 5.41) is 3.36. The van der Waals surface area contributed by atoms with Crippen LogP contribution in [0.2, 0.25) is 0 Å². The third kappa shape index (κ3) is 2.74. The molecule has 2 N–H and O–H groups in total. The van der Waals surface area contributed by atoms with E-state index in [-0.39, 0.29) is 23.6 Å². The van der Waals surface area contributed by atoms with Crippen LogP contribution < -0.4 is 10.9 Å². The van der Waals surface area contributed by atoms with Crippen LogP contribution in [-0.4, -0.2) is 41.0 Å². The summed E-state index contributed by atoms with van der Waals surface area (Å²) in [4.78, 5) is 27.7. The SMILES string of the molecule is CC1CN(C(=O)c2cccc(=O)[nH]2)CC(C)N1. The van der Waals surface area contributed by atoms with E-state index in [4.69, 9.17) is 0 Å². The topological polar surface area (TPSA) is 65.2 Å². The highest BCUT2D eigenvalue weighted by atomic mass is 16.2. The monoisotopic (exact) mass is 235 g/mol. The van der Waals surface area contributed by atoms with Crippen LogP contribution in [0.15, 0.2) is 23.0 Å². The lowest BCUT2D eigenvalue weighted by atomic mass is 10.1. The summed E-state index contributed by atoms with van der Waals surface area (Å²) in [5.41, 5.74) is 0.117. The van der Waals surface area contributed by atoms with Crippen LogP contribution in [0.4, 0.5) is 0 Å². The number of H-pyrrole nitrogens is 1. The highest BCUT2D eigenvalue weighted by Gasteiger charge is 2.25. The second kappa shape index (κ2) is 4.71. The maximum absolute atomic E-state index is 12.2. The fourth-order valence-electron chi connectivity index (χ4n) is 2.24. The van der Waals surface area contributed by atoms with Crippen LogP contribution in [-0.2, 0) is 0 Å². The molecule has 0 saturated carbocycles. The van der Waals surface area contributed by atoms with Crippen LogP contribution in [0.25, 0.3) is 0 Å². The van der Waals surface area contributed by atoms with Gasteiger partial charge in [-0.05, 0) is 19.9 Å². The summed E-state index contributed by atoms with van der Waals surface area (Å²) in [6, 6.07) is 5.19. The number of piperazine rings is 1. The van der Waals surface area contributed by atoms with Gasteiger partial charge in [0.25, 0.3) is 5.91 Å². The van der Waals surface area contributed by atoms with Crippen molar-refractivity contribution in [3.05, 3.63) is 34.2 Å². The first kappa shape index (κ1) is 11.9. The predicted molar refractivity (Wildman–Crippen MR) is 65.0 cm³/mol. The Balaban J connectivity index is 2.17. The van der Waals surface area contributed by atoms with Crippen molar-refractivity contribution in [2.75, 3.05) is 13.1 Å². The van der Waals surface area contributed by atoms with Crippen LogP contribution >= 0.6 is 0 Å². The number of aromatic amines is 1. The molecule has 1 aromatic heterocycles. The normalized spacial score (nSPS) is 24.7. The lowest BCUT2D eigenvalue weighted by molar-refractivity contribution is 0.0667. The number of hydrogen-bond donors (Lipinski definition) is 2. The fraction of sp³-hybridized carbons (Fsp3) is 0.500. The van der Waals surface area contributed by atoms with Gasteiger partial charge in [0.1, 0.15) is 5.69 Å². The van der Waals surface area contributed by atoms with Crippen molar-refractivity contribution in [1.82, 2.24) is 15.2 Å². The Kier molecular flexibility index (Phi) is 3.28. The zero-order valence-electron chi connectivity index (χ0n) is 10.1. The zero-order valence-corrected chi connectivity index (χ0v) is 10.1. The van der Waals surface area contributed by atoms with Gasteiger partial charge >= 0.3 is 0 Å². The van der Waals surface area contributed by atoms with E-state index in [9.17, 15) is 9.59 Å². The molecule has 0 bridgehead atoms. The summed E-state index contributed by atoms with van der Waals surface area (Å²) in [7, 11) is 0. The third-order valence-electron chi connectivity index (χ3n) is 2.84. The highest BCUT2D eigenvalue weighted by molar-refractivity contribution is 5.92. The Hall–Kier alpha value is -1.62. The van der Waals surface area contributed by atoms with E-state index in [1.165, 1.54) is 6.07 Å². The summed E-state index contributed by atoms with van der Waals surface area (Å²) in [5.74, 6) is -0.108. The lowest BCUT2D eigenvalue weighted by Crippen LogP contribution is -2.56. The number of hydrogen-bond acceptors (Lipinski definition) is 3. The molecule has 0 aromatic carbocycles. The first-order valence-electron chi connectivity index (χ1n) is 5.81. The molecule has 1 aromatic rings. The summed E-state index contributed by atoms with van der Waals surface area (Å²) < 4.78 is 0. The molecule has 2 unspecified atom stereocenters. The van der Waals surface area contributed by atoms with Gasteiger partial charge in [-0.15, -0.1) is 0 Å². The minimum Gasteiger partial charge on any atom is -0.334 e. The molecule has 2 rings (SSSR count). The van der Waals surface area contributed by atoms with Crippen LogP contribution in [0.5, 0.6) is 0 Å². The van der Waals surface area contributed by atoms with Crippen LogP contribution in [0.1, 0.15) is 24.3 Å². The maximum atomic E-state index is 12.2. The molecule has 2 heterocycles. The van der Waals surface area contributed by atoms with E-state index in [0.29, 0.717) is 18.8 Å². The van der Waals surface area contributed by atoms with E-state index in [2.05, 4.69) is 10.3 Å². The van der Waals surface area contributed by atoms with Crippen LogP contribution in [0, 0.1) is 0 Å². The number of pyridine rings is 1. The van der Waals surface area contributed by atoms with Crippen LogP contribution in [0.3, 0.4) is 0 Å². The highest BCUT2D eigenvalue weighted by Crippen LogP contribution is 2.07. The summed E-state index contributed by atoms with van der Waals surface area (Å²) >= 11 is 0. The smallest absolute Gasteiger partial charge is 0.270 e. The Bertz CT molecular complexity index is 459. The Labute approximate surface area is 99.8 Å². The Morgan fingerprint density at radius 2 is 1.94 bits per heavy atom. The Morgan fingerprint density at radius 1 is 1.29 bits per heavy atom. The van der Waals surface area contributed by atoms with E-state index in [1.807, 2.05) is 13.8 Å². The van der Waals surface area contributed by atoms with E-state index in [1.54, 1.807) is 17.0 Å². The molecule has 1 amide bonds. The van der Waals surface area contributed by atoms with Crippen molar-refractivity contribution in [2.45, 2.75) is 25.9 Å². The number of carbonyl (C=O) groups is 1.